The molecule has 0 radical (unpaired) electrons. The number of halogens is 2. The first kappa shape index (κ1) is 16.6. The topological polar surface area (TPSA) is 43.4 Å². The van der Waals surface area contributed by atoms with Crippen molar-refractivity contribution in [3.8, 4) is 0 Å². The summed E-state index contributed by atoms with van der Waals surface area (Å²) >= 11 is 5.84. The van der Waals surface area contributed by atoms with Crippen LogP contribution in [0.3, 0.4) is 0 Å². The van der Waals surface area contributed by atoms with Crippen LogP contribution < -0.4 is 0 Å². The molecule has 0 aliphatic heterocycles. The van der Waals surface area contributed by atoms with Crippen LogP contribution in [-0.2, 0) is 16.0 Å². The Labute approximate surface area is 123 Å². The van der Waals surface area contributed by atoms with Crippen molar-refractivity contribution < 1.29 is 18.7 Å². The van der Waals surface area contributed by atoms with E-state index in [1.807, 2.05) is 0 Å². The molecule has 3 nitrogen and oxygen atoms in total. The van der Waals surface area contributed by atoms with Gasteiger partial charge in [0, 0.05) is 12.3 Å². The monoisotopic (exact) mass is 300 g/mol. The second-order valence-electron chi connectivity index (χ2n) is 4.74. The van der Waals surface area contributed by atoms with Crippen molar-refractivity contribution in [2.75, 3.05) is 6.61 Å². The fraction of sp³-hybridized carbons (Fsp3) is 0.467. The van der Waals surface area contributed by atoms with Crippen LogP contribution in [0.4, 0.5) is 4.39 Å². The number of ketones is 1. The zero-order valence-electron chi connectivity index (χ0n) is 11.8. The maximum absolute atomic E-state index is 14.3. The minimum atomic E-state index is -0.785. The number of rotatable bonds is 6. The Kier molecular flexibility index (Phi) is 6.14. The number of esters is 1. The summed E-state index contributed by atoms with van der Waals surface area (Å²) < 4.78 is 19.0. The molecule has 0 atom stereocenters. The van der Waals surface area contributed by atoms with E-state index in [0.29, 0.717) is 5.56 Å². The molecule has 1 rings (SSSR count). The quantitative estimate of drug-likeness (QED) is 0.750. The number of carbonyl (C=O) groups excluding carboxylic acids is 2. The van der Waals surface area contributed by atoms with E-state index in [9.17, 15) is 14.0 Å². The van der Waals surface area contributed by atoms with Crippen LogP contribution in [0.5, 0.6) is 0 Å². The summed E-state index contributed by atoms with van der Waals surface area (Å²) in [6.45, 7) is 5.37. The van der Waals surface area contributed by atoms with Crippen LogP contribution >= 0.6 is 11.6 Å². The molecular formula is C15H18ClFO3. The van der Waals surface area contributed by atoms with Crippen molar-refractivity contribution >= 4 is 23.4 Å². The van der Waals surface area contributed by atoms with Crippen LogP contribution in [-0.4, -0.2) is 18.4 Å². The van der Waals surface area contributed by atoms with Gasteiger partial charge in [-0.2, -0.15) is 0 Å². The SMILES string of the molecule is CCOC(=O)c1c(Cl)ccc(CCC(=O)C(C)C)c1F. The van der Waals surface area contributed by atoms with Gasteiger partial charge in [0.05, 0.1) is 11.6 Å². The van der Waals surface area contributed by atoms with Crippen molar-refractivity contribution in [3.63, 3.8) is 0 Å². The van der Waals surface area contributed by atoms with Gasteiger partial charge in [-0.15, -0.1) is 0 Å². The number of carbonyl (C=O) groups is 2. The number of hydrogen-bond donors (Lipinski definition) is 0. The number of Topliss-reactive ketones (excluding diaryl/α,β-unsaturated/α-hetero) is 1. The minimum absolute atomic E-state index is 0.0138. The molecule has 0 heterocycles. The molecule has 1 aromatic rings. The highest BCUT2D eigenvalue weighted by Crippen LogP contribution is 2.24. The van der Waals surface area contributed by atoms with Crippen LogP contribution in [0, 0.1) is 11.7 Å². The molecule has 0 bridgehead atoms. The van der Waals surface area contributed by atoms with Gasteiger partial charge in [-0.25, -0.2) is 9.18 Å². The summed E-state index contributed by atoms with van der Waals surface area (Å²) in [5.41, 5.74) is 0.0365. The predicted octanol–water partition coefficient (Wildman–Crippen LogP) is 3.81. The van der Waals surface area contributed by atoms with Gasteiger partial charge in [-0.1, -0.05) is 31.5 Å². The molecule has 110 valence electrons. The lowest BCUT2D eigenvalue weighted by Gasteiger charge is -2.10. The van der Waals surface area contributed by atoms with Gasteiger partial charge < -0.3 is 4.74 Å². The highest BCUT2D eigenvalue weighted by Gasteiger charge is 2.20. The van der Waals surface area contributed by atoms with E-state index in [0.717, 1.165) is 0 Å². The fourth-order valence-electron chi connectivity index (χ4n) is 1.73. The Morgan fingerprint density at radius 3 is 2.55 bits per heavy atom. The van der Waals surface area contributed by atoms with Crippen molar-refractivity contribution in [1.82, 2.24) is 0 Å². The third-order valence-corrected chi connectivity index (χ3v) is 3.25. The molecule has 20 heavy (non-hydrogen) atoms. The standard InChI is InChI=1S/C15H18ClFO3/c1-4-20-15(19)13-11(16)7-5-10(14(13)17)6-8-12(18)9(2)3/h5,7,9H,4,6,8H2,1-3H3. The van der Waals surface area contributed by atoms with Gasteiger partial charge >= 0.3 is 5.97 Å². The average Bonchev–Trinajstić information content (AvgIpc) is 2.37. The van der Waals surface area contributed by atoms with Crippen LogP contribution in [0.2, 0.25) is 5.02 Å². The van der Waals surface area contributed by atoms with E-state index in [1.165, 1.54) is 12.1 Å². The zero-order chi connectivity index (χ0) is 15.3. The molecule has 0 aliphatic rings. The number of aryl methyl sites for hydroxylation is 1. The Morgan fingerprint density at radius 2 is 2.00 bits per heavy atom. The van der Waals surface area contributed by atoms with E-state index in [4.69, 9.17) is 16.3 Å². The second kappa shape index (κ2) is 7.39. The van der Waals surface area contributed by atoms with Gasteiger partial charge in [0.25, 0.3) is 0 Å². The molecule has 0 saturated carbocycles. The van der Waals surface area contributed by atoms with Crippen molar-refractivity contribution in [3.05, 3.63) is 34.1 Å². The van der Waals surface area contributed by atoms with E-state index >= 15 is 0 Å². The lowest BCUT2D eigenvalue weighted by Crippen LogP contribution is -2.12. The highest BCUT2D eigenvalue weighted by molar-refractivity contribution is 6.33. The molecule has 0 saturated heterocycles. The molecular weight excluding hydrogens is 283 g/mol. The largest absolute Gasteiger partial charge is 0.462 e. The van der Waals surface area contributed by atoms with E-state index in [2.05, 4.69) is 0 Å². The molecule has 0 spiro atoms. The van der Waals surface area contributed by atoms with Crippen LogP contribution in [0.15, 0.2) is 12.1 Å². The molecule has 0 unspecified atom stereocenters. The summed E-state index contributed by atoms with van der Waals surface area (Å²) in [4.78, 5) is 23.2. The molecule has 0 amide bonds. The summed E-state index contributed by atoms with van der Waals surface area (Å²) in [6, 6.07) is 2.94. The summed E-state index contributed by atoms with van der Waals surface area (Å²) in [5, 5.41) is 0.0138. The number of ether oxygens (including phenoxy) is 1. The van der Waals surface area contributed by atoms with Gasteiger partial charge in [-0.05, 0) is 25.0 Å². The number of benzene rings is 1. The summed E-state index contributed by atoms with van der Waals surface area (Å²) in [6.07, 6.45) is 0.477. The predicted molar refractivity (Wildman–Crippen MR) is 75.5 cm³/mol. The van der Waals surface area contributed by atoms with Crippen LogP contribution in [0.25, 0.3) is 0 Å². The maximum atomic E-state index is 14.3. The maximum Gasteiger partial charge on any atom is 0.342 e. The lowest BCUT2D eigenvalue weighted by atomic mass is 9.99. The Balaban J connectivity index is 2.97. The Morgan fingerprint density at radius 1 is 1.35 bits per heavy atom. The third-order valence-electron chi connectivity index (χ3n) is 2.94. The first-order valence-corrected chi connectivity index (χ1v) is 6.93. The Hall–Kier alpha value is -1.42. The van der Waals surface area contributed by atoms with Crippen molar-refractivity contribution in [2.24, 2.45) is 5.92 Å². The van der Waals surface area contributed by atoms with Crippen molar-refractivity contribution in [1.29, 1.82) is 0 Å². The third kappa shape index (κ3) is 4.04. The first-order chi connectivity index (χ1) is 9.38. The molecule has 0 aromatic heterocycles. The summed E-state index contributed by atoms with van der Waals surface area (Å²) in [5.74, 6) is -1.52. The zero-order valence-corrected chi connectivity index (χ0v) is 12.6. The van der Waals surface area contributed by atoms with Gasteiger partial charge in [0.2, 0.25) is 0 Å². The summed E-state index contributed by atoms with van der Waals surface area (Å²) in [7, 11) is 0. The van der Waals surface area contributed by atoms with E-state index in [-0.39, 0.29) is 41.7 Å². The number of hydrogen-bond acceptors (Lipinski definition) is 3. The van der Waals surface area contributed by atoms with E-state index in [1.54, 1.807) is 20.8 Å². The fourth-order valence-corrected chi connectivity index (χ4v) is 1.95. The minimum Gasteiger partial charge on any atom is -0.462 e. The lowest BCUT2D eigenvalue weighted by molar-refractivity contribution is -0.121. The first-order valence-electron chi connectivity index (χ1n) is 6.55. The highest BCUT2D eigenvalue weighted by atomic mass is 35.5. The van der Waals surface area contributed by atoms with Gasteiger partial charge in [0.15, 0.2) is 0 Å². The molecule has 0 N–H and O–H groups in total. The van der Waals surface area contributed by atoms with Gasteiger partial charge in [0.1, 0.15) is 17.2 Å². The normalized spacial score (nSPS) is 10.7. The average molecular weight is 301 g/mol. The van der Waals surface area contributed by atoms with Crippen LogP contribution in [0.1, 0.15) is 43.1 Å². The Bertz CT molecular complexity index is 512. The molecule has 5 heteroatoms. The van der Waals surface area contributed by atoms with E-state index < -0.39 is 11.8 Å². The second-order valence-corrected chi connectivity index (χ2v) is 5.14. The molecule has 1 aromatic carbocycles. The molecule has 0 aliphatic carbocycles. The molecule has 0 fully saturated rings. The smallest absolute Gasteiger partial charge is 0.342 e. The van der Waals surface area contributed by atoms with Gasteiger partial charge in [-0.3, -0.25) is 4.79 Å². The van der Waals surface area contributed by atoms with Crippen molar-refractivity contribution in [2.45, 2.75) is 33.6 Å².